The quantitative estimate of drug-likeness (QED) is 0.770. The third-order valence-electron chi connectivity index (χ3n) is 3.74. The van der Waals surface area contributed by atoms with Crippen molar-refractivity contribution in [2.45, 2.75) is 33.6 Å². The molecule has 24 heavy (non-hydrogen) atoms. The topological polar surface area (TPSA) is 59.8 Å². The summed E-state index contributed by atoms with van der Waals surface area (Å²) in [7, 11) is 0. The minimum Gasteiger partial charge on any atom is -0.325 e. The Morgan fingerprint density at radius 3 is 2.79 bits per heavy atom. The lowest BCUT2D eigenvalue weighted by Gasteiger charge is -2.08. The first-order chi connectivity index (χ1) is 11.6. The fourth-order valence-corrected chi connectivity index (χ4v) is 3.44. The van der Waals surface area contributed by atoms with Crippen LogP contribution in [0.4, 0.5) is 5.69 Å². The standard InChI is InChI=1S/C18H20N4OS/c1-4-14-7-5-6-8-16(14)20-17(23)10-15-11-24-18(19-15)22-13(3)9-12(2)21-22/h5-9,11H,4,10H2,1-3H3,(H,20,23). The summed E-state index contributed by atoms with van der Waals surface area (Å²) >= 11 is 1.50. The maximum absolute atomic E-state index is 12.3. The van der Waals surface area contributed by atoms with E-state index in [1.807, 2.05) is 54.2 Å². The number of anilines is 1. The lowest BCUT2D eigenvalue weighted by molar-refractivity contribution is -0.115. The molecule has 0 saturated heterocycles. The number of nitrogens with zero attached hydrogens (tertiary/aromatic N) is 3. The van der Waals surface area contributed by atoms with Crippen molar-refractivity contribution < 1.29 is 4.79 Å². The third kappa shape index (κ3) is 3.54. The largest absolute Gasteiger partial charge is 0.325 e. The molecule has 0 saturated carbocycles. The van der Waals surface area contributed by atoms with Crippen LogP contribution in [0.1, 0.15) is 29.6 Å². The van der Waals surface area contributed by atoms with Gasteiger partial charge in [0.05, 0.1) is 17.8 Å². The molecule has 1 N–H and O–H groups in total. The molecule has 3 rings (SSSR count). The number of hydrogen-bond acceptors (Lipinski definition) is 4. The number of aromatic nitrogens is 3. The molecule has 0 unspecified atom stereocenters. The molecule has 3 aromatic rings. The Balaban J connectivity index is 1.70. The number of rotatable bonds is 5. The van der Waals surface area contributed by atoms with Crippen molar-refractivity contribution in [2.75, 3.05) is 5.32 Å². The van der Waals surface area contributed by atoms with Gasteiger partial charge in [-0.1, -0.05) is 25.1 Å². The van der Waals surface area contributed by atoms with Gasteiger partial charge >= 0.3 is 0 Å². The van der Waals surface area contributed by atoms with E-state index in [1.54, 1.807) is 0 Å². The number of aryl methyl sites for hydroxylation is 3. The van der Waals surface area contributed by atoms with Crippen molar-refractivity contribution in [1.82, 2.24) is 14.8 Å². The van der Waals surface area contributed by atoms with Crippen molar-refractivity contribution in [3.05, 3.63) is 58.4 Å². The first-order valence-corrected chi connectivity index (χ1v) is 8.80. The van der Waals surface area contributed by atoms with Gasteiger partial charge in [0, 0.05) is 16.8 Å². The number of carbonyl (C=O) groups excluding carboxylic acids is 1. The van der Waals surface area contributed by atoms with E-state index >= 15 is 0 Å². The van der Waals surface area contributed by atoms with Gasteiger partial charge in [0.1, 0.15) is 0 Å². The minimum atomic E-state index is -0.0545. The molecule has 124 valence electrons. The van der Waals surface area contributed by atoms with Crippen LogP contribution in [0, 0.1) is 13.8 Å². The van der Waals surface area contributed by atoms with E-state index in [0.29, 0.717) is 0 Å². The number of para-hydroxylation sites is 1. The lowest BCUT2D eigenvalue weighted by atomic mass is 10.1. The molecule has 2 heterocycles. The van der Waals surface area contributed by atoms with Gasteiger partial charge in [0.2, 0.25) is 11.0 Å². The van der Waals surface area contributed by atoms with Crippen molar-refractivity contribution in [2.24, 2.45) is 0 Å². The molecule has 1 aromatic carbocycles. The molecule has 0 radical (unpaired) electrons. The molecule has 0 aliphatic carbocycles. The number of thiazole rings is 1. The molecule has 2 aromatic heterocycles. The van der Waals surface area contributed by atoms with Crippen LogP contribution in [-0.4, -0.2) is 20.7 Å². The fraction of sp³-hybridized carbons (Fsp3) is 0.278. The van der Waals surface area contributed by atoms with Crippen LogP contribution in [0.15, 0.2) is 35.7 Å². The van der Waals surface area contributed by atoms with Gasteiger partial charge in [0.25, 0.3) is 0 Å². The molecule has 0 aliphatic rings. The van der Waals surface area contributed by atoms with Crippen LogP contribution < -0.4 is 5.32 Å². The Kier molecular flexibility index (Phi) is 4.76. The van der Waals surface area contributed by atoms with E-state index in [0.717, 1.165) is 39.9 Å². The Hall–Kier alpha value is -2.47. The van der Waals surface area contributed by atoms with Crippen molar-refractivity contribution in [3.8, 4) is 5.13 Å². The molecule has 5 nitrogen and oxygen atoms in total. The number of carbonyl (C=O) groups is 1. The number of benzene rings is 1. The van der Waals surface area contributed by atoms with Crippen LogP contribution in [0.3, 0.4) is 0 Å². The highest BCUT2D eigenvalue weighted by Crippen LogP contribution is 2.19. The summed E-state index contributed by atoms with van der Waals surface area (Å²) in [6.45, 7) is 6.03. The van der Waals surface area contributed by atoms with Crippen LogP contribution in [0.25, 0.3) is 5.13 Å². The second kappa shape index (κ2) is 6.97. The van der Waals surface area contributed by atoms with Crippen LogP contribution in [-0.2, 0) is 17.6 Å². The molecular weight excluding hydrogens is 320 g/mol. The van der Waals surface area contributed by atoms with Crippen molar-refractivity contribution in [3.63, 3.8) is 0 Å². The summed E-state index contributed by atoms with van der Waals surface area (Å²) in [6, 6.07) is 9.88. The highest BCUT2D eigenvalue weighted by atomic mass is 32.1. The van der Waals surface area contributed by atoms with E-state index in [9.17, 15) is 4.79 Å². The van der Waals surface area contributed by atoms with Crippen molar-refractivity contribution in [1.29, 1.82) is 0 Å². The van der Waals surface area contributed by atoms with Gasteiger partial charge in [0.15, 0.2) is 0 Å². The monoisotopic (exact) mass is 340 g/mol. The predicted molar refractivity (Wildman–Crippen MR) is 96.9 cm³/mol. The van der Waals surface area contributed by atoms with Gasteiger partial charge in [-0.3, -0.25) is 4.79 Å². The van der Waals surface area contributed by atoms with Gasteiger partial charge in [-0.05, 0) is 38.0 Å². The number of nitrogens with one attached hydrogen (secondary N) is 1. The van der Waals surface area contributed by atoms with Crippen LogP contribution >= 0.6 is 11.3 Å². The van der Waals surface area contributed by atoms with Crippen LogP contribution in [0.2, 0.25) is 0 Å². The zero-order valence-electron chi connectivity index (χ0n) is 14.0. The van der Waals surface area contributed by atoms with Crippen LogP contribution in [0.5, 0.6) is 0 Å². The summed E-state index contributed by atoms with van der Waals surface area (Å²) in [4.78, 5) is 16.8. The van der Waals surface area contributed by atoms with Gasteiger partial charge in [-0.25, -0.2) is 9.67 Å². The highest BCUT2D eigenvalue weighted by Gasteiger charge is 2.12. The predicted octanol–water partition coefficient (Wildman–Crippen LogP) is 3.69. The van der Waals surface area contributed by atoms with E-state index in [2.05, 4.69) is 22.3 Å². The summed E-state index contributed by atoms with van der Waals surface area (Å²) in [6.07, 6.45) is 1.14. The maximum Gasteiger partial charge on any atom is 0.230 e. The van der Waals surface area contributed by atoms with E-state index in [-0.39, 0.29) is 12.3 Å². The first kappa shape index (κ1) is 16.4. The van der Waals surface area contributed by atoms with Crippen molar-refractivity contribution >= 4 is 22.9 Å². The molecule has 0 spiro atoms. The Labute approximate surface area is 145 Å². The SMILES string of the molecule is CCc1ccccc1NC(=O)Cc1csc(-n2nc(C)cc2C)n1. The second-order valence-electron chi connectivity index (χ2n) is 5.70. The Morgan fingerprint density at radius 2 is 2.08 bits per heavy atom. The zero-order valence-corrected chi connectivity index (χ0v) is 14.9. The second-order valence-corrected chi connectivity index (χ2v) is 6.53. The molecule has 6 heteroatoms. The van der Waals surface area contributed by atoms with Gasteiger partial charge in [-0.2, -0.15) is 5.10 Å². The van der Waals surface area contributed by atoms with Gasteiger partial charge < -0.3 is 5.32 Å². The molecule has 0 fully saturated rings. The number of amides is 1. The highest BCUT2D eigenvalue weighted by molar-refractivity contribution is 7.12. The summed E-state index contributed by atoms with van der Waals surface area (Å²) in [5.74, 6) is -0.0545. The normalized spacial score (nSPS) is 10.8. The summed E-state index contributed by atoms with van der Waals surface area (Å²) < 4.78 is 1.81. The molecular formula is C18H20N4OS. The minimum absolute atomic E-state index is 0.0545. The smallest absolute Gasteiger partial charge is 0.230 e. The summed E-state index contributed by atoms with van der Waals surface area (Å²) in [5.41, 5.74) is 4.76. The maximum atomic E-state index is 12.3. The fourth-order valence-electron chi connectivity index (χ4n) is 2.61. The average Bonchev–Trinajstić information content (AvgIpc) is 3.13. The third-order valence-corrected chi connectivity index (χ3v) is 4.61. The first-order valence-electron chi connectivity index (χ1n) is 7.92. The number of hydrogen-bond donors (Lipinski definition) is 1. The zero-order chi connectivity index (χ0) is 17.1. The Morgan fingerprint density at radius 1 is 1.29 bits per heavy atom. The summed E-state index contributed by atoms with van der Waals surface area (Å²) in [5, 5.41) is 10.1. The Bertz CT molecular complexity index is 866. The average molecular weight is 340 g/mol. The van der Waals surface area contributed by atoms with E-state index in [4.69, 9.17) is 0 Å². The lowest BCUT2D eigenvalue weighted by Crippen LogP contribution is -2.15. The molecule has 1 amide bonds. The molecule has 0 aliphatic heterocycles. The van der Waals surface area contributed by atoms with E-state index < -0.39 is 0 Å². The molecule has 0 atom stereocenters. The van der Waals surface area contributed by atoms with Gasteiger partial charge in [-0.15, -0.1) is 11.3 Å². The van der Waals surface area contributed by atoms with E-state index in [1.165, 1.54) is 11.3 Å². The molecule has 0 bridgehead atoms.